The van der Waals surface area contributed by atoms with Crippen molar-refractivity contribution in [1.29, 1.82) is 0 Å². The molecule has 4 nitrogen and oxygen atoms in total. The summed E-state index contributed by atoms with van der Waals surface area (Å²) in [7, 11) is 0. The van der Waals surface area contributed by atoms with Crippen molar-refractivity contribution in [2.45, 2.75) is 32.5 Å². The van der Waals surface area contributed by atoms with Crippen LogP contribution in [0.5, 0.6) is 0 Å². The third-order valence-corrected chi connectivity index (χ3v) is 5.44. The molecule has 2 aromatic carbocycles. The largest absolute Gasteiger partial charge is 0.351 e. The van der Waals surface area contributed by atoms with Crippen LogP contribution in [-0.4, -0.2) is 45.9 Å². The van der Waals surface area contributed by atoms with Gasteiger partial charge in [0, 0.05) is 42.6 Å². The number of hydrogen-bond donors (Lipinski definition) is 1. The number of rotatable bonds is 3. The first-order valence-corrected chi connectivity index (χ1v) is 9.38. The zero-order valence-corrected chi connectivity index (χ0v) is 15.7. The maximum absolute atomic E-state index is 13.1. The van der Waals surface area contributed by atoms with Crippen LogP contribution in [0.4, 0.5) is 4.39 Å². The smallest absolute Gasteiger partial charge is 0.270 e. The van der Waals surface area contributed by atoms with E-state index in [0.717, 1.165) is 29.6 Å². The highest BCUT2D eigenvalue weighted by Crippen LogP contribution is 2.22. The van der Waals surface area contributed by atoms with E-state index in [4.69, 9.17) is 0 Å². The number of hydrogen-bond acceptors (Lipinski definition) is 2. The minimum atomic E-state index is -0.214. The molecule has 5 heteroatoms. The summed E-state index contributed by atoms with van der Waals surface area (Å²) >= 11 is 0. The van der Waals surface area contributed by atoms with Crippen LogP contribution < -0.4 is 0 Å². The molecule has 0 saturated carbocycles. The number of benzene rings is 2. The van der Waals surface area contributed by atoms with Crippen molar-refractivity contribution in [2.75, 3.05) is 13.1 Å². The number of amides is 1. The predicted octanol–water partition coefficient (Wildman–Crippen LogP) is 4.04. The number of H-pyrrole nitrogens is 1. The predicted molar refractivity (Wildman–Crippen MR) is 105 cm³/mol. The van der Waals surface area contributed by atoms with E-state index in [-0.39, 0.29) is 23.8 Å². The molecule has 0 bridgehead atoms. The van der Waals surface area contributed by atoms with E-state index in [9.17, 15) is 9.18 Å². The Kier molecular flexibility index (Phi) is 4.70. The Morgan fingerprint density at radius 3 is 2.56 bits per heavy atom. The number of halogens is 1. The van der Waals surface area contributed by atoms with Crippen molar-refractivity contribution in [1.82, 2.24) is 14.8 Å². The molecular formula is C22H24FN3O. The normalized spacial score (nSPS) is 20.9. The van der Waals surface area contributed by atoms with Crippen molar-refractivity contribution in [3.8, 4) is 0 Å². The van der Waals surface area contributed by atoms with Gasteiger partial charge in [0.15, 0.2) is 0 Å². The van der Waals surface area contributed by atoms with Crippen LogP contribution in [-0.2, 0) is 6.54 Å². The van der Waals surface area contributed by atoms with Gasteiger partial charge in [-0.2, -0.15) is 0 Å². The van der Waals surface area contributed by atoms with E-state index < -0.39 is 0 Å². The third-order valence-electron chi connectivity index (χ3n) is 5.44. The standard InChI is InChI=1S/C22H24FN3O/c1-15-13-26(22(27)21-11-18-5-3-4-6-20(18)24-21)16(2)12-25(15)14-17-7-9-19(23)10-8-17/h3-11,15-16,24H,12-14H2,1-2H3/t15-,16-/m1/s1. The number of aromatic amines is 1. The lowest BCUT2D eigenvalue weighted by Gasteiger charge is -2.44. The van der Waals surface area contributed by atoms with E-state index >= 15 is 0 Å². The minimum absolute atomic E-state index is 0.0481. The highest BCUT2D eigenvalue weighted by Gasteiger charge is 2.32. The Balaban J connectivity index is 1.47. The number of carbonyl (C=O) groups is 1. The summed E-state index contributed by atoms with van der Waals surface area (Å²) in [5.74, 6) is -0.166. The maximum Gasteiger partial charge on any atom is 0.270 e. The van der Waals surface area contributed by atoms with Gasteiger partial charge in [-0.15, -0.1) is 0 Å². The van der Waals surface area contributed by atoms with Crippen molar-refractivity contribution in [3.05, 3.63) is 71.7 Å². The molecule has 1 aliphatic rings. The summed E-state index contributed by atoms with van der Waals surface area (Å²) in [4.78, 5) is 20.6. The van der Waals surface area contributed by atoms with Gasteiger partial charge < -0.3 is 9.88 Å². The van der Waals surface area contributed by atoms with Gasteiger partial charge in [0.1, 0.15) is 11.5 Å². The SMILES string of the molecule is C[C@@H]1CN(C(=O)c2cc3ccccc3[nH]2)[C@H](C)CN1Cc1ccc(F)cc1. The number of nitrogens with one attached hydrogen (secondary N) is 1. The molecule has 1 aromatic heterocycles. The van der Waals surface area contributed by atoms with Gasteiger partial charge in [0.25, 0.3) is 5.91 Å². The van der Waals surface area contributed by atoms with E-state index in [0.29, 0.717) is 12.2 Å². The fraction of sp³-hybridized carbons (Fsp3) is 0.318. The highest BCUT2D eigenvalue weighted by atomic mass is 19.1. The monoisotopic (exact) mass is 365 g/mol. The zero-order valence-electron chi connectivity index (χ0n) is 15.7. The third kappa shape index (κ3) is 3.60. The van der Waals surface area contributed by atoms with Crippen LogP contribution in [0.1, 0.15) is 29.9 Å². The number of piperazine rings is 1. The molecule has 1 fully saturated rings. The average Bonchev–Trinajstić information content (AvgIpc) is 3.10. The van der Waals surface area contributed by atoms with Crippen molar-refractivity contribution < 1.29 is 9.18 Å². The lowest BCUT2D eigenvalue weighted by molar-refractivity contribution is 0.0287. The van der Waals surface area contributed by atoms with Crippen molar-refractivity contribution in [2.24, 2.45) is 0 Å². The average molecular weight is 365 g/mol. The summed E-state index contributed by atoms with van der Waals surface area (Å²) in [5.41, 5.74) is 2.71. The highest BCUT2D eigenvalue weighted by molar-refractivity contribution is 5.98. The van der Waals surface area contributed by atoms with Crippen LogP contribution >= 0.6 is 0 Å². The fourth-order valence-electron chi connectivity index (χ4n) is 3.87. The van der Waals surface area contributed by atoms with Gasteiger partial charge in [-0.1, -0.05) is 30.3 Å². The van der Waals surface area contributed by atoms with Gasteiger partial charge in [-0.05, 0) is 43.7 Å². The lowest BCUT2D eigenvalue weighted by Crippen LogP contribution is -2.57. The van der Waals surface area contributed by atoms with Gasteiger partial charge in [-0.25, -0.2) is 4.39 Å². The van der Waals surface area contributed by atoms with Crippen LogP contribution in [0.25, 0.3) is 10.9 Å². The van der Waals surface area contributed by atoms with Crippen molar-refractivity contribution in [3.63, 3.8) is 0 Å². The molecule has 1 saturated heterocycles. The number of aromatic nitrogens is 1. The summed E-state index contributed by atoms with van der Waals surface area (Å²) in [5, 5.41) is 1.05. The van der Waals surface area contributed by atoms with Gasteiger partial charge in [0.2, 0.25) is 0 Å². The Morgan fingerprint density at radius 2 is 1.81 bits per heavy atom. The van der Waals surface area contributed by atoms with Gasteiger partial charge in [-0.3, -0.25) is 9.69 Å². The van der Waals surface area contributed by atoms with E-state index in [1.807, 2.05) is 47.4 Å². The molecular weight excluding hydrogens is 341 g/mol. The Morgan fingerprint density at radius 1 is 1.07 bits per heavy atom. The molecule has 0 aliphatic carbocycles. The van der Waals surface area contributed by atoms with Crippen LogP contribution in [0, 0.1) is 5.82 Å². The molecule has 0 spiro atoms. The summed E-state index contributed by atoms with van der Waals surface area (Å²) in [6.45, 7) is 6.46. The Bertz CT molecular complexity index is 917. The molecule has 1 aliphatic heterocycles. The summed E-state index contributed by atoms with van der Waals surface area (Å²) in [6.07, 6.45) is 0. The molecule has 3 aromatic rings. The van der Waals surface area contributed by atoms with E-state index in [2.05, 4.69) is 23.7 Å². The summed E-state index contributed by atoms with van der Waals surface area (Å²) in [6, 6.07) is 16.9. The van der Waals surface area contributed by atoms with Gasteiger partial charge in [0.05, 0.1) is 0 Å². The Hall–Kier alpha value is -2.66. The first-order chi connectivity index (χ1) is 13.0. The van der Waals surface area contributed by atoms with Crippen LogP contribution in [0.15, 0.2) is 54.6 Å². The maximum atomic E-state index is 13.1. The lowest BCUT2D eigenvalue weighted by atomic mass is 10.1. The second kappa shape index (κ2) is 7.16. The first kappa shape index (κ1) is 17.7. The number of carbonyl (C=O) groups excluding carboxylic acids is 1. The van der Waals surface area contributed by atoms with Crippen molar-refractivity contribution >= 4 is 16.8 Å². The Labute approximate surface area is 158 Å². The van der Waals surface area contributed by atoms with Gasteiger partial charge >= 0.3 is 0 Å². The summed E-state index contributed by atoms with van der Waals surface area (Å²) < 4.78 is 13.1. The molecule has 2 heterocycles. The first-order valence-electron chi connectivity index (χ1n) is 9.38. The quantitative estimate of drug-likeness (QED) is 0.761. The molecule has 140 valence electrons. The fourth-order valence-corrected chi connectivity index (χ4v) is 3.87. The topological polar surface area (TPSA) is 39.3 Å². The molecule has 4 rings (SSSR count). The molecule has 0 unspecified atom stereocenters. The molecule has 1 amide bonds. The molecule has 0 radical (unpaired) electrons. The molecule has 2 atom stereocenters. The molecule has 1 N–H and O–H groups in total. The van der Waals surface area contributed by atoms with E-state index in [1.54, 1.807) is 0 Å². The second-order valence-electron chi connectivity index (χ2n) is 7.48. The number of nitrogens with zero attached hydrogens (tertiary/aromatic N) is 2. The van der Waals surface area contributed by atoms with Crippen LogP contribution in [0.3, 0.4) is 0 Å². The number of fused-ring (bicyclic) bond motifs is 1. The minimum Gasteiger partial charge on any atom is -0.351 e. The molecule has 27 heavy (non-hydrogen) atoms. The zero-order chi connectivity index (χ0) is 19.0. The second-order valence-corrected chi connectivity index (χ2v) is 7.48. The van der Waals surface area contributed by atoms with Crippen LogP contribution in [0.2, 0.25) is 0 Å². The number of para-hydroxylation sites is 1. The van der Waals surface area contributed by atoms with E-state index in [1.165, 1.54) is 12.1 Å².